The van der Waals surface area contributed by atoms with Gasteiger partial charge < -0.3 is 0 Å². The quantitative estimate of drug-likeness (QED) is 0.443. The van der Waals surface area contributed by atoms with Crippen LogP contribution in [-0.4, -0.2) is 0 Å². The fourth-order valence-corrected chi connectivity index (χ4v) is 1.89. The maximum absolute atomic E-state index is 4.33. The number of benzene rings is 2. The van der Waals surface area contributed by atoms with Crippen molar-refractivity contribution in [2.45, 2.75) is 34.6 Å². The van der Waals surface area contributed by atoms with Crippen molar-refractivity contribution in [3.63, 3.8) is 0 Å². The Kier molecular flexibility index (Phi) is 6.15. The van der Waals surface area contributed by atoms with E-state index in [4.69, 9.17) is 0 Å². The normalized spacial score (nSPS) is 11.0. The molecule has 0 aliphatic heterocycles. The minimum Gasteiger partial charge on any atom is -0.151 e. The molecule has 0 amide bonds. The van der Waals surface area contributed by atoms with Crippen LogP contribution in [0.4, 0.5) is 11.4 Å². The second-order valence-electron chi connectivity index (χ2n) is 7.22. The molecule has 2 heteroatoms. The Bertz CT molecular complexity index is 876. The highest BCUT2D eigenvalue weighted by atomic mass is 15.1. The van der Waals surface area contributed by atoms with Gasteiger partial charge in [0.2, 0.25) is 0 Å². The number of rotatable bonds is 2. The van der Waals surface area contributed by atoms with E-state index in [-0.39, 0.29) is 5.41 Å². The molecule has 0 unspecified atom stereocenters. The molecule has 0 radical (unpaired) electrons. The van der Waals surface area contributed by atoms with Crippen molar-refractivity contribution in [2.24, 2.45) is 21.6 Å². The van der Waals surface area contributed by atoms with Crippen LogP contribution >= 0.6 is 0 Å². The van der Waals surface area contributed by atoms with Gasteiger partial charge >= 0.3 is 0 Å². The summed E-state index contributed by atoms with van der Waals surface area (Å²) in [4.78, 5) is 0. The van der Waals surface area contributed by atoms with Crippen LogP contribution in [0.25, 0.3) is 0 Å². The second kappa shape index (κ2) is 8.32. The largest absolute Gasteiger partial charge is 0.151 e. The van der Waals surface area contributed by atoms with Crippen LogP contribution in [0.2, 0.25) is 0 Å². The molecule has 0 aliphatic carbocycles. The lowest BCUT2D eigenvalue weighted by Crippen LogP contribution is -1.99. The summed E-state index contributed by atoms with van der Waals surface area (Å²) in [5, 5.41) is 8.65. The maximum atomic E-state index is 4.33. The number of nitrogens with zero attached hydrogens (tertiary/aromatic N) is 2. The van der Waals surface area contributed by atoms with Crippen LogP contribution in [0.15, 0.2) is 58.8 Å². The van der Waals surface area contributed by atoms with E-state index in [0.717, 1.165) is 22.5 Å². The molecular formula is C23H24N2. The van der Waals surface area contributed by atoms with E-state index < -0.39 is 0 Å². The Balaban J connectivity index is 2.18. The third kappa shape index (κ3) is 7.06. The van der Waals surface area contributed by atoms with E-state index in [1.165, 1.54) is 0 Å². The zero-order chi connectivity index (χ0) is 18.3. The van der Waals surface area contributed by atoms with Gasteiger partial charge in [0, 0.05) is 22.5 Å². The molecule has 0 atom stereocenters. The summed E-state index contributed by atoms with van der Waals surface area (Å²) in [5.41, 5.74) is 3.47. The van der Waals surface area contributed by atoms with E-state index in [1.807, 2.05) is 48.5 Å². The lowest BCUT2D eigenvalue weighted by atomic mass is 9.97. The molecule has 0 spiro atoms. The van der Waals surface area contributed by atoms with Crippen LogP contribution < -0.4 is 0 Å². The first-order valence-corrected chi connectivity index (χ1v) is 8.48. The van der Waals surface area contributed by atoms with Crippen LogP contribution in [0.3, 0.4) is 0 Å². The summed E-state index contributed by atoms with van der Waals surface area (Å²) in [6, 6.07) is 15.6. The van der Waals surface area contributed by atoms with E-state index in [9.17, 15) is 0 Å². The highest BCUT2D eigenvalue weighted by Crippen LogP contribution is 2.20. The highest BCUT2D eigenvalue weighted by Gasteiger charge is 2.03. The number of hydrogen-bond acceptors (Lipinski definition) is 2. The Morgan fingerprint density at radius 3 is 1.80 bits per heavy atom. The minimum absolute atomic E-state index is 0.0189. The van der Waals surface area contributed by atoms with Crippen LogP contribution in [-0.2, 0) is 0 Å². The maximum Gasteiger partial charge on any atom is 0.0869 e. The Hall–Kier alpha value is -2.84. The van der Waals surface area contributed by atoms with E-state index in [1.54, 1.807) is 0 Å². The number of hydrogen-bond donors (Lipinski definition) is 0. The molecule has 0 N–H and O–H groups in total. The first kappa shape index (κ1) is 18.5. The molecule has 2 rings (SSSR count). The Labute approximate surface area is 151 Å². The highest BCUT2D eigenvalue weighted by molar-refractivity contribution is 5.49. The van der Waals surface area contributed by atoms with Crippen molar-refractivity contribution in [3.8, 4) is 23.7 Å². The molecule has 0 bridgehead atoms. The second-order valence-corrected chi connectivity index (χ2v) is 7.22. The molecule has 0 heterocycles. The van der Waals surface area contributed by atoms with Crippen LogP contribution in [0.1, 0.15) is 45.7 Å². The van der Waals surface area contributed by atoms with Crippen molar-refractivity contribution >= 4 is 11.4 Å². The molecule has 2 aromatic carbocycles. The standard InChI is InChI=1S/C23H24N2/c1-18(2)12-13-19-8-6-10-21(16-19)24-25-22-11-7-9-20(17-22)14-15-23(3,4)5/h6-11,16-18H,1-5H3. The average Bonchev–Trinajstić information content (AvgIpc) is 2.56. The van der Waals surface area contributed by atoms with Gasteiger partial charge in [-0.3, -0.25) is 0 Å². The van der Waals surface area contributed by atoms with Gasteiger partial charge in [0.1, 0.15) is 0 Å². The van der Waals surface area contributed by atoms with Gasteiger partial charge in [-0.25, -0.2) is 0 Å². The van der Waals surface area contributed by atoms with Crippen molar-refractivity contribution in [2.75, 3.05) is 0 Å². The predicted molar refractivity (Wildman–Crippen MR) is 105 cm³/mol. The van der Waals surface area contributed by atoms with Gasteiger partial charge in [-0.1, -0.05) is 49.7 Å². The summed E-state index contributed by atoms with van der Waals surface area (Å²) in [5.74, 6) is 13.1. The van der Waals surface area contributed by atoms with Crippen LogP contribution in [0, 0.1) is 35.0 Å². The minimum atomic E-state index is -0.0189. The van der Waals surface area contributed by atoms with Crippen molar-refractivity contribution in [1.29, 1.82) is 0 Å². The fraction of sp³-hybridized carbons (Fsp3) is 0.304. The van der Waals surface area contributed by atoms with Gasteiger partial charge in [0.15, 0.2) is 0 Å². The van der Waals surface area contributed by atoms with E-state index in [2.05, 4.69) is 68.5 Å². The van der Waals surface area contributed by atoms with Crippen molar-refractivity contribution in [3.05, 3.63) is 59.7 Å². The van der Waals surface area contributed by atoms with Gasteiger partial charge in [0.05, 0.1) is 11.4 Å². The summed E-state index contributed by atoms with van der Waals surface area (Å²) in [6.07, 6.45) is 0. The zero-order valence-corrected chi connectivity index (χ0v) is 15.6. The Morgan fingerprint density at radius 1 is 0.800 bits per heavy atom. The summed E-state index contributed by atoms with van der Waals surface area (Å²) in [6.45, 7) is 10.4. The SMILES string of the molecule is CC(C)C#Cc1cccc(N=Nc2cccc(C#CC(C)(C)C)c2)c1. The predicted octanol–water partition coefficient (Wildman–Crippen LogP) is 6.51. The first-order valence-electron chi connectivity index (χ1n) is 8.48. The smallest absolute Gasteiger partial charge is 0.0869 e. The Morgan fingerprint density at radius 2 is 1.32 bits per heavy atom. The molecule has 0 fully saturated rings. The molecule has 0 saturated carbocycles. The molecular weight excluding hydrogens is 304 g/mol. The summed E-state index contributed by atoms with van der Waals surface area (Å²) in [7, 11) is 0. The summed E-state index contributed by atoms with van der Waals surface area (Å²) < 4.78 is 0. The average molecular weight is 328 g/mol. The molecule has 0 aromatic heterocycles. The van der Waals surface area contributed by atoms with E-state index in [0.29, 0.717) is 5.92 Å². The number of azo groups is 1. The zero-order valence-electron chi connectivity index (χ0n) is 15.6. The van der Waals surface area contributed by atoms with Crippen molar-refractivity contribution in [1.82, 2.24) is 0 Å². The molecule has 0 aliphatic rings. The first-order chi connectivity index (χ1) is 11.8. The van der Waals surface area contributed by atoms with Crippen molar-refractivity contribution < 1.29 is 0 Å². The lowest BCUT2D eigenvalue weighted by molar-refractivity contribution is 0.571. The molecule has 25 heavy (non-hydrogen) atoms. The van der Waals surface area contributed by atoms with Crippen LogP contribution in [0.5, 0.6) is 0 Å². The molecule has 0 saturated heterocycles. The summed E-state index contributed by atoms with van der Waals surface area (Å²) >= 11 is 0. The van der Waals surface area contributed by atoms with E-state index >= 15 is 0 Å². The molecule has 2 nitrogen and oxygen atoms in total. The van der Waals surface area contributed by atoms with Gasteiger partial charge in [-0.05, 0) is 57.2 Å². The third-order valence-electron chi connectivity index (χ3n) is 3.06. The lowest BCUT2D eigenvalue weighted by Gasteiger charge is -2.06. The fourth-order valence-electron chi connectivity index (χ4n) is 1.89. The van der Waals surface area contributed by atoms with Gasteiger partial charge in [-0.15, -0.1) is 0 Å². The third-order valence-corrected chi connectivity index (χ3v) is 3.06. The monoisotopic (exact) mass is 328 g/mol. The van der Waals surface area contributed by atoms with Gasteiger partial charge in [0.25, 0.3) is 0 Å². The topological polar surface area (TPSA) is 24.7 Å². The van der Waals surface area contributed by atoms with Gasteiger partial charge in [-0.2, -0.15) is 10.2 Å². The molecule has 2 aromatic rings. The molecule has 126 valence electrons.